The highest BCUT2D eigenvalue weighted by molar-refractivity contribution is 9.10. The molecule has 1 aromatic carbocycles. The van der Waals surface area contributed by atoms with Gasteiger partial charge in [-0.05, 0) is 37.0 Å². The summed E-state index contributed by atoms with van der Waals surface area (Å²) in [6, 6.07) is 4.15. The van der Waals surface area contributed by atoms with E-state index in [1.807, 2.05) is 4.68 Å². The predicted octanol–water partition coefficient (Wildman–Crippen LogP) is 2.62. The van der Waals surface area contributed by atoms with Gasteiger partial charge >= 0.3 is 0 Å². The van der Waals surface area contributed by atoms with E-state index in [0.717, 1.165) is 28.7 Å². The third kappa shape index (κ3) is 2.92. The second-order valence-electron chi connectivity index (χ2n) is 4.95. The maximum Gasteiger partial charge on any atom is 0.0894 e. The molecule has 0 aliphatic rings. The highest BCUT2D eigenvalue weighted by Gasteiger charge is 2.19. The van der Waals surface area contributed by atoms with Crippen LogP contribution in [0.1, 0.15) is 41.8 Å². The van der Waals surface area contributed by atoms with E-state index in [2.05, 4.69) is 64.6 Å². The Morgan fingerprint density at radius 3 is 2.55 bits per heavy atom. The van der Waals surface area contributed by atoms with Gasteiger partial charge in [-0.25, -0.2) is 10.1 Å². The summed E-state index contributed by atoms with van der Waals surface area (Å²) in [5.41, 5.74) is 7.35. The quantitative estimate of drug-likeness (QED) is 0.650. The molecule has 20 heavy (non-hydrogen) atoms. The first-order valence-corrected chi connectivity index (χ1v) is 7.49. The Balaban J connectivity index is 2.44. The molecule has 0 saturated carbocycles. The summed E-state index contributed by atoms with van der Waals surface area (Å²) in [6.45, 7) is 7.11. The van der Waals surface area contributed by atoms with Crippen molar-refractivity contribution in [3.8, 4) is 0 Å². The summed E-state index contributed by atoms with van der Waals surface area (Å²) < 4.78 is 3.04. The summed E-state index contributed by atoms with van der Waals surface area (Å²) in [4.78, 5) is 0. The highest BCUT2D eigenvalue weighted by Crippen LogP contribution is 2.28. The zero-order valence-corrected chi connectivity index (χ0v) is 13.6. The van der Waals surface area contributed by atoms with Crippen molar-refractivity contribution in [1.29, 1.82) is 0 Å². The van der Waals surface area contributed by atoms with Crippen molar-refractivity contribution in [3.63, 3.8) is 0 Å². The minimum absolute atomic E-state index is 0.109. The molecule has 2 aromatic rings. The average Bonchev–Trinajstić information content (AvgIpc) is 2.86. The standard InChI is InChI=1S/C14H20BrN5/c1-4-5-20-12(8-17-19-20)14(18-16)11-6-9(2)13(15)10(3)7-11/h6-8,14,18H,4-5,16H2,1-3H3. The van der Waals surface area contributed by atoms with Gasteiger partial charge in [-0.1, -0.05) is 40.2 Å². The smallest absolute Gasteiger partial charge is 0.0894 e. The molecule has 1 aromatic heterocycles. The third-order valence-electron chi connectivity index (χ3n) is 3.34. The van der Waals surface area contributed by atoms with Gasteiger partial charge in [0.2, 0.25) is 0 Å². The molecule has 3 N–H and O–H groups in total. The number of nitrogens with two attached hydrogens (primary N) is 1. The van der Waals surface area contributed by atoms with Crippen molar-refractivity contribution in [1.82, 2.24) is 20.4 Å². The number of benzene rings is 1. The molecule has 2 rings (SSSR count). The Labute approximate surface area is 127 Å². The molecule has 6 heteroatoms. The van der Waals surface area contributed by atoms with E-state index in [1.165, 1.54) is 11.1 Å². The number of nitrogens with one attached hydrogen (secondary N) is 1. The average molecular weight is 338 g/mol. The van der Waals surface area contributed by atoms with Gasteiger partial charge in [0.15, 0.2) is 0 Å². The van der Waals surface area contributed by atoms with Crippen molar-refractivity contribution in [3.05, 3.63) is 45.2 Å². The predicted molar refractivity (Wildman–Crippen MR) is 83.1 cm³/mol. The van der Waals surface area contributed by atoms with Crippen molar-refractivity contribution in [2.24, 2.45) is 5.84 Å². The summed E-state index contributed by atoms with van der Waals surface area (Å²) in [5.74, 6) is 5.77. The lowest BCUT2D eigenvalue weighted by molar-refractivity contribution is 0.512. The van der Waals surface area contributed by atoms with Crippen LogP contribution in [0, 0.1) is 13.8 Å². The molecule has 0 amide bonds. The van der Waals surface area contributed by atoms with Gasteiger partial charge in [-0.3, -0.25) is 5.84 Å². The first kappa shape index (κ1) is 15.2. The van der Waals surface area contributed by atoms with Crippen molar-refractivity contribution >= 4 is 15.9 Å². The largest absolute Gasteiger partial charge is 0.271 e. The summed E-state index contributed by atoms with van der Waals surface area (Å²) in [6.07, 6.45) is 2.78. The van der Waals surface area contributed by atoms with E-state index in [0.29, 0.717) is 0 Å². The van der Waals surface area contributed by atoms with Crippen LogP contribution in [-0.2, 0) is 6.54 Å². The Hall–Kier alpha value is -1.24. The van der Waals surface area contributed by atoms with Crippen LogP contribution in [0.25, 0.3) is 0 Å². The number of aryl methyl sites for hydroxylation is 3. The van der Waals surface area contributed by atoms with Gasteiger partial charge < -0.3 is 0 Å². The molecular formula is C14H20BrN5. The number of hydrazine groups is 1. The van der Waals surface area contributed by atoms with Crippen LogP contribution in [0.4, 0.5) is 0 Å². The van der Waals surface area contributed by atoms with E-state index in [1.54, 1.807) is 6.20 Å². The van der Waals surface area contributed by atoms with Gasteiger partial charge in [0, 0.05) is 11.0 Å². The van der Waals surface area contributed by atoms with Gasteiger partial charge in [0.05, 0.1) is 17.9 Å². The van der Waals surface area contributed by atoms with Gasteiger partial charge in [-0.15, -0.1) is 5.10 Å². The Morgan fingerprint density at radius 1 is 1.35 bits per heavy atom. The van der Waals surface area contributed by atoms with Crippen LogP contribution in [-0.4, -0.2) is 15.0 Å². The fourth-order valence-corrected chi connectivity index (χ4v) is 2.60. The number of nitrogens with zero attached hydrogens (tertiary/aromatic N) is 3. The molecule has 108 valence electrons. The van der Waals surface area contributed by atoms with Crippen LogP contribution in [0.2, 0.25) is 0 Å². The van der Waals surface area contributed by atoms with Crippen LogP contribution in [0.15, 0.2) is 22.8 Å². The SMILES string of the molecule is CCCn1nncc1C(NN)c1cc(C)c(Br)c(C)c1. The molecular weight excluding hydrogens is 318 g/mol. The molecule has 0 fully saturated rings. The summed E-state index contributed by atoms with van der Waals surface area (Å²) in [5, 5.41) is 8.13. The maximum atomic E-state index is 5.77. The number of aromatic nitrogens is 3. The maximum absolute atomic E-state index is 5.77. The Bertz CT molecular complexity index is 570. The topological polar surface area (TPSA) is 68.8 Å². The van der Waals surface area contributed by atoms with Crippen LogP contribution in [0.5, 0.6) is 0 Å². The van der Waals surface area contributed by atoms with E-state index in [9.17, 15) is 0 Å². The van der Waals surface area contributed by atoms with Crippen molar-refractivity contribution in [2.75, 3.05) is 0 Å². The van der Waals surface area contributed by atoms with Crippen molar-refractivity contribution in [2.45, 2.75) is 39.8 Å². The minimum atomic E-state index is -0.109. The fourth-order valence-electron chi connectivity index (χ4n) is 2.37. The highest BCUT2D eigenvalue weighted by atomic mass is 79.9. The summed E-state index contributed by atoms with van der Waals surface area (Å²) >= 11 is 3.59. The molecule has 0 spiro atoms. The van der Waals surface area contributed by atoms with Crippen molar-refractivity contribution < 1.29 is 0 Å². The zero-order chi connectivity index (χ0) is 14.7. The fraction of sp³-hybridized carbons (Fsp3) is 0.429. The first-order valence-electron chi connectivity index (χ1n) is 6.69. The molecule has 0 radical (unpaired) electrons. The van der Waals surface area contributed by atoms with Gasteiger partial charge in [0.1, 0.15) is 0 Å². The monoisotopic (exact) mass is 337 g/mol. The third-order valence-corrected chi connectivity index (χ3v) is 4.59. The molecule has 0 aliphatic carbocycles. The second kappa shape index (κ2) is 6.47. The number of halogens is 1. The lowest BCUT2D eigenvalue weighted by Crippen LogP contribution is -2.31. The molecule has 0 saturated heterocycles. The van der Waals surface area contributed by atoms with E-state index >= 15 is 0 Å². The van der Waals surface area contributed by atoms with E-state index in [4.69, 9.17) is 5.84 Å². The number of hydrogen-bond acceptors (Lipinski definition) is 4. The zero-order valence-electron chi connectivity index (χ0n) is 12.0. The van der Waals surface area contributed by atoms with Crippen LogP contribution in [0.3, 0.4) is 0 Å². The molecule has 1 atom stereocenters. The van der Waals surface area contributed by atoms with Gasteiger partial charge in [-0.2, -0.15) is 0 Å². The number of hydrogen-bond donors (Lipinski definition) is 2. The lowest BCUT2D eigenvalue weighted by atomic mass is 9.99. The van der Waals surface area contributed by atoms with Gasteiger partial charge in [0.25, 0.3) is 0 Å². The van der Waals surface area contributed by atoms with Crippen LogP contribution < -0.4 is 11.3 Å². The van der Waals surface area contributed by atoms with E-state index < -0.39 is 0 Å². The molecule has 1 unspecified atom stereocenters. The van der Waals surface area contributed by atoms with E-state index in [-0.39, 0.29) is 6.04 Å². The molecule has 0 aliphatic heterocycles. The Morgan fingerprint density at radius 2 is 2.00 bits per heavy atom. The first-order chi connectivity index (χ1) is 9.58. The van der Waals surface area contributed by atoms with Crippen LogP contribution >= 0.6 is 15.9 Å². The number of rotatable bonds is 5. The lowest BCUT2D eigenvalue weighted by Gasteiger charge is -2.19. The normalized spacial score (nSPS) is 12.7. The summed E-state index contributed by atoms with van der Waals surface area (Å²) in [7, 11) is 0. The minimum Gasteiger partial charge on any atom is -0.271 e. The molecule has 0 bridgehead atoms. The Kier molecular flexibility index (Phi) is 4.91. The second-order valence-corrected chi connectivity index (χ2v) is 5.74. The molecule has 1 heterocycles. The molecule has 5 nitrogen and oxygen atoms in total.